The van der Waals surface area contributed by atoms with Crippen LogP contribution >= 0.6 is 0 Å². The number of alkyl halides is 1. The monoisotopic (exact) mass is 269 g/mol. The minimum Gasteiger partial charge on any atom is -0.383 e. The van der Waals surface area contributed by atoms with Crippen molar-refractivity contribution in [2.24, 2.45) is 5.92 Å². The van der Waals surface area contributed by atoms with Gasteiger partial charge in [-0.2, -0.15) is 4.98 Å². The molecule has 106 valence electrons. The zero-order valence-electron chi connectivity index (χ0n) is 11.5. The van der Waals surface area contributed by atoms with Crippen molar-refractivity contribution in [2.75, 3.05) is 5.73 Å². The molecule has 1 aromatic rings. The molecule has 1 aliphatic rings. The summed E-state index contributed by atoms with van der Waals surface area (Å²) >= 11 is 0. The van der Waals surface area contributed by atoms with E-state index in [0.717, 1.165) is 0 Å². The van der Waals surface area contributed by atoms with Gasteiger partial charge in [0.25, 0.3) is 0 Å². The summed E-state index contributed by atoms with van der Waals surface area (Å²) in [5.41, 5.74) is 4.33. The Hall–Kier alpha value is -1.43. The lowest BCUT2D eigenvalue weighted by Gasteiger charge is -2.30. The fourth-order valence-electron chi connectivity index (χ4n) is 2.84. The largest absolute Gasteiger partial charge is 0.383 e. The number of hydrogen-bond acceptors (Lipinski definition) is 4. The van der Waals surface area contributed by atoms with Crippen LogP contribution in [0.5, 0.6) is 0 Å². The van der Waals surface area contributed by atoms with Crippen molar-refractivity contribution in [1.82, 2.24) is 9.55 Å². The molecule has 5 nitrogen and oxygen atoms in total. The maximum atomic E-state index is 14.5. The average molecular weight is 269 g/mol. The van der Waals surface area contributed by atoms with Crippen LogP contribution in [0.1, 0.15) is 39.8 Å². The van der Waals surface area contributed by atoms with E-state index in [2.05, 4.69) is 4.98 Å². The molecule has 0 aromatic carbocycles. The zero-order chi connectivity index (χ0) is 14.2. The molecule has 3 atom stereocenters. The van der Waals surface area contributed by atoms with E-state index in [0.29, 0.717) is 12.8 Å². The number of nitrogen functional groups attached to an aromatic ring is 1. The molecule has 2 rings (SSSR count). The van der Waals surface area contributed by atoms with E-state index < -0.39 is 23.7 Å². The van der Waals surface area contributed by atoms with Gasteiger partial charge in [0.15, 0.2) is 12.4 Å². The lowest BCUT2D eigenvalue weighted by atomic mass is 9.83. The average Bonchev–Trinajstić information content (AvgIpc) is 2.64. The molecule has 0 saturated carbocycles. The number of aromatic nitrogens is 2. The van der Waals surface area contributed by atoms with Crippen molar-refractivity contribution < 1.29 is 9.13 Å². The Balaban J connectivity index is 2.39. The minimum absolute atomic E-state index is 0.125. The first-order chi connectivity index (χ1) is 8.95. The SMILES string of the molecule is CCC1(CC)O[C@@H](n2ccc(N)nc2=O)[C@H](F)[C@@H]1C. The maximum Gasteiger partial charge on any atom is 0.351 e. The quantitative estimate of drug-likeness (QED) is 0.909. The highest BCUT2D eigenvalue weighted by Crippen LogP contribution is 2.46. The van der Waals surface area contributed by atoms with Gasteiger partial charge in [-0.15, -0.1) is 0 Å². The van der Waals surface area contributed by atoms with Crippen LogP contribution in [0, 0.1) is 5.92 Å². The van der Waals surface area contributed by atoms with Crippen molar-refractivity contribution in [3.63, 3.8) is 0 Å². The van der Waals surface area contributed by atoms with Crippen LogP contribution in [0.25, 0.3) is 0 Å². The predicted octanol–water partition coefficient (Wildman–Crippen LogP) is 1.89. The minimum atomic E-state index is -1.23. The smallest absolute Gasteiger partial charge is 0.351 e. The zero-order valence-corrected chi connectivity index (χ0v) is 11.5. The third-order valence-electron chi connectivity index (χ3n) is 4.26. The summed E-state index contributed by atoms with van der Waals surface area (Å²) in [7, 11) is 0. The van der Waals surface area contributed by atoms with Crippen LogP contribution in [-0.4, -0.2) is 21.3 Å². The molecule has 1 fully saturated rings. The molecule has 6 heteroatoms. The Kier molecular flexibility index (Phi) is 3.62. The topological polar surface area (TPSA) is 70.1 Å². The van der Waals surface area contributed by atoms with Crippen LogP contribution in [0.2, 0.25) is 0 Å². The van der Waals surface area contributed by atoms with Gasteiger partial charge in [-0.1, -0.05) is 20.8 Å². The van der Waals surface area contributed by atoms with E-state index in [1.165, 1.54) is 16.8 Å². The lowest BCUT2D eigenvalue weighted by Crippen LogP contribution is -2.34. The van der Waals surface area contributed by atoms with Crippen LogP contribution in [-0.2, 0) is 4.74 Å². The van der Waals surface area contributed by atoms with Gasteiger partial charge in [0.05, 0.1) is 5.60 Å². The van der Waals surface area contributed by atoms with Gasteiger partial charge in [0.1, 0.15) is 5.82 Å². The highest BCUT2D eigenvalue weighted by molar-refractivity contribution is 5.23. The van der Waals surface area contributed by atoms with Crippen LogP contribution in [0.3, 0.4) is 0 Å². The van der Waals surface area contributed by atoms with Gasteiger partial charge < -0.3 is 10.5 Å². The van der Waals surface area contributed by atoms with Gasteiger partial charge in [-0.05, 0) is 18.9 Å². The van der Waals surface area contributed by atoms with Crippen LogP contribution in [0.4, 0.5) is 10.2 Å². The first kappa shape index (κ1) is 14.0. The molecule has 0 aliphatic carbocycles. The molecule has 0 radical (unpaired) electrons. The van der Waals surface area contributed by atoms with Crippen molar-refractivity contribution in [3.8, 4) is 0 Å². The van der Waals surface area contributed by atoms with Gasteiger partial charge in [-0.3, -0.25) is 4.57 Å². The fourth-order valence-corrected chi connectivity index (χ4v) is 2.84. The Bertz CT molecular complexity index is 513. The Labute approximate surface area is 111 Å². The number of halogens is 1. The Morgan fingerprint density at radius 2 is 2.16 bits per heavy atom. The van der Waals surface area contributed by atoms with Gasteiger partial charge in [0, 0.05) is 12.1 Å². The summed E-state index contributed by atoms with van der Waals surface area (Å²) in [6.07, 6.45) is 0.701. The summed E-state index contributed by atoms with van der Waals surface area (Å²) < 4.78 is 21.5. The summed E-state index contributed by atoms with van der Waals surface area (Å²) in [4.78, 5) is 15.4. The van der Waals surface area contributed by atoms with E-state index in [1.54, 1.807) is 0 Å². The number of rotatable bonds is 3. The van der Waals surface area contributed by atoms with Crippen molar-refractivity contribution >= 4 is 5.82 Å². The first-order valence-corrected chi connectivity index (χ1v) is 6.61. The van der Waals surface area contributed by atoms with E-state index in [4.69, 9.17) is 10.5 Å². The summed E-state index contributed by atoms with van der Waals surface area (Å²) in [6.45, 7) is 5.77. The normalized spacial score (nSPS) is 29.6. The van der Waals surface area contributed by atoms with E-state index >= 15 is 0 Å². The third-order valence-corrected chi connectivity index (χ3v) is 4.26. The molecule has 2 heterocycles. The molecular formula is C13H20FN3O2. The number of anilines is 1. The molecular weight excluding hydrogens is 249 g/mol. The van der Waals surface area contributed by atoms with Gasteiger partial charge in [-0.25, -0.2) is 9.18 Å². The van der Waals surface area contributed by atoms with Crippen LogP contribution in [0.15, 0.2) is 17.1 Å². The van der Waals surface area contributed by atoms with Gasteiger partial charge >= 0.3 is 5.69 Å². The highest BCUT2D eigenvalue weighted by Gasteiger charge is 2.52. The second-order valence-electron chi connectivity index (χ2n) is 5.06. The number of nitrogens with zero attached hydrogens (tertiary/aromatic N) is 2. The standard InChI is InChI=1S/C13H20FN3O2/c1-4-13(5-2)8(3)10(14)11(19-13)17-7-6-9(15)16-12(17)18/h6-8,10-11H,4-5H2,1-3H3,(H2,15,16,18)/t8-,10+,11+/m0/s1. The molecule has 1 aliphatic heterocycles. The molecule has 19 heavy (non-hydrogen) atoms. The summed E-state index contributed by atoms with van der Waals surface area (Å²) in [5, 5.41) is 0. The second kappa shape index (κ2) is 4.92. The van der Waals surface area contributed by atoms with Crippen molar-refractivity contribution in [1.29, 1.82) is 0 Å². The first-order valence-electron chi connectivity index (χ1n) is 6.61. The van der Waals surface area contributed by atoms with Crippen LogP contribution < -0.4 is 11.4 Å². The van der Waals surface area contributed by atoms with E-state index in [9.17, 15) is 9.18 Å². The molecule has 0 spiro atoms. The molecule has 2 N–H and O–H groups in total. The predicted molar refractivity (Wildman–Crippen MR) is 70.4 cm³/mol. The molecule has 0 bridgehead atoms. The van der Waals surface area contributed by atoms with Crippen molar-refractivity contribution in [3.05, 3.63) is 22.7 Å². The summed E-state index contributed by atoms with van der Waals surface area (Å²) in [5.74, 6) is -0.142. The number of ether oxygens (including phenoxy) is 1. The summed E-state index contributed by atoms with van der Waals surface area (Å²) in [6, 6.07) is 1.47. The molecule has 1 saturated heterocycles. The molecule has 1 aromatic heterocycles. The molecule has 0 unspecified atom stereocenters. The van der Waals surface area contributed by atoms with Crippen molar-refractivity contribution in [2.45, 2.75) is 51.6 Å². The molecule has 0 amide bonds. The fraction of sp³-hybridized carbons (Fsp3) is 0.692. The lowest BCUT2D eigenvalue weighted by molar-refractivity contribution is -0.0935. The van der Waals surface area contributed by atoms with E-state index in [1.807, 2.05) is 20.8 Å². The number of hydrogen-bond donors (Lipinski definition) is 1. The second-order valence-corrected chi connectivity index (χ2v) is 5.06. The van der Waals surface area contributed by atoms with Gasteiger partial charge in [0.2, 0.25) is 0 Å². The highest BCUT2D eigenvalue weighted by atomic mass is 19.1. The Morgan fingerprint density at radius 1 is 1.53 bits per heavy atom. The van der Waals surface area contributed by atoms with E-state index in [-0.39, 0.29) is 11.7 Å². The Morgan fingerprint density at radius 3 is 2.63 bits per heavy atom. The maximum absolute atomic E-state index is 14.5. The third kappa shape index (κ3) is 2.14. The number of nitrogens with two attached hydrogens (primary N) is 1.